The number of hydrogen-bond acceptors (Lipinski definition) is 4. The number of ether oxygens (including phenoxy) is 3. The monoisotopic (exact) mass is 220 g/mol. The van der Waals surface area contributed by atoms with Gasteiger partial charge in [0.25, 0.3) is 0 Å². The molecule has 0 unspecified atom stereocenters. The maximum Gasteiger partial charge on any atom is 0.333 e. The molecule has 0 N–H and O–H groups in total. The van der Waals surface area contributed by atoms with E-state index in [9.17, 15) is 4.79 Å². The van der Waals surface area contributed by atoms with Gasteiger partial charge in [-0.3, -0.25) is 0 Å². The highest BCUT2D eigenvalue weighted by Gasteiger charge is 2.13. The predicted octanol–water partition coefficient (Wildman–Crippen LogP) is 2.03. The molecule has 1 aromatic carbocycles. The van der Waals surface area contributed by atoms with Gasteiger partial charge in [0, 0.05) is 5.57 Å². The van der Waals surface area contributed by atoms with Gasteiger partial charge in [-0.1, -0.05) is 12.6 Å². The molecule has 0 saturated carbocycles. The highest BCUT2D eigenvalue weighted by molar-refractivity contribution is 5.86. The Balaban J connectivity index is 2.00. The number of benzene rings is 1. The molecule has 4 heteroatoms. The molecule has 1 heterocycles. The minimum atomic E-state index is -0.391. The van der Waals surface area contributed by atoms with Crippen molar-refractivity contribution in [3.8, 4) is 11.5 Å². The smallest absolute Gasteiger partial charge is 0.333 e. The molecule has 1 aliphatic rings. The van der Waals surface area contributed by atoms with E-state index in [1.54, 1.807) is 19.1 Å². The van der Waals surface area contributed by atoms with Crippen molar-refractivity contribution >= 4 is 5.97 Å². The predicted molar refractivity (Wildman–Crippen MR) is 57.2 cm³/mol. The molecule has 0 aliphatic carbocycles. The Hall–Kier alpha value is -1.97. The van der Waals surface area contributed by atoms with Crippen LogP contribution in [0.1, 0.15) is 12.5 Å². The van der Waals surface area contributed by atoms with Crippen LogP contribution in [-0.4, -0.2) is 12.8 Å². The van der Waals surface area contributed by atoms with Gasteiger partial charge in [-0.2, -0.15) is 0 Å². The van der Waals surface area contributed by atoms with Gasteiger partial charge < -0.3 is 14.2 Å². The first-order valence-electron chi connectivity index (χ1n) is 4.88. The van der Waals surface area contributed by atoms with E-state index < -0.39 is 5.97 Å². The van der Waals surface area contributed by atoms with Crippen molar-refractivity contribution in [1.82, 2.24) is 0 Å². The summed E-state index contributed by atoms with van der Waals surface area (Å²) in [7, 11) is 0. The Morgan fingerprint density at radius 3 is 2.94 bits per heavy atom. The van der Waals surface area contributed by atoms with E-state index in [0.29, 0.717) is 11.3 Å². The van der Waals surface area contributed by atoms with Gasteiger partial charge in [0.15, 0.2) is 11.5 Å². The number of esters is 1. The molecule has 16 heavy (non-hydrogen) atoms. The van der Waals surface area contributed by atoms with Gasteiger partial charge in [-0.05, 0) is 24.6 Å². The molecule has 0 aromatic heterocycles. The third kappa shape index (κ3) is 2.16. The number of carbonyl (C=O) groups excluding carboxylic acids is 1. The van der Waals surface area contributed by atoms with Crippen molar-refractivity contribution in [2.24, 2.45) is 0 Å². The molecular weight excluding hydrogens is 208 g/mol. The van der Waals surface area contributed by atoms with E-state index in [2.05, 4.69) is 6.58 Å². The summed E-state index contributed by atoms with van der Waals surface area (Å²) in [4.78, 5) is 11.2. The van der Waals surface area contributed by atoms with Crippen LogP contribution in [0.5, 0.6) is 11.5 Å². The van der Waals surface area contributed by atoms with Crippen molar-refractivity contribution in [2.75, 3.05) is 6.79 Å². The van der Waals surface area contributed by atoms with E-state index in [-0.39, 0.29) is 13.4 Å². The van der Waals surface area contributed by atoms with E-state index >= 15 is 0 Å². The van der Waals surface area contributed by atoms with Crippen molar-refractivity contribution in [3.05, 3.63) is 35.9 Å². The van der Waals surface area contributed by atoms with E-state index in [0.717, 1.165) is 11.3 Å². The van der Waals surface area contributed by atoms with Crippen LogP contribution in [0, 0.1) is 0 Å². The molecule has 0 amide bonds. The average molecular weight is 220 g/mol. The summed E-state index contributed by atoms with van der Waals surface area (Å²) >= 11 is 0. The lowest BCUT2D eigenvalue weighted by atomic mass is 10.2. The van der Waals surface area contributed by atoms with Crippen LogP contribution >= 0.6 is 0 Å². The Kier molecular flexibility index (Phi) is 2.81. The fraction of sp³-hybridized carbons (Fsp3) is 0.250. The largest absolute Gasteiger partial charge is 0.457 e. The lowest BCUT2D eigenvalue weighted by molar-refractivity contribution is -0.140. The first-order valence-corrected chi connectivity index (χ1v) is 4.88. The van der Waals surface area contributed by atoms with Crippen LogP contribution < -0.4 is 9.47 Å². The van der Waals surface area contributed by atoms with Crippen LogP contribution in [0.4, 0.5) is 0 Å². The molecule has 0 radical (unpaired) electrons. The summed E-state index contributed by atoms with van der Waals surface area (Å²) in [6.07, 6.45) is 0. The van der Waals surface area contributed by atoms with Crippen LogP contribution in [0.25, 0.3) is 0 Å². The summed E-state index contributed by atoms with van der Waals surface area (Å²) in [6.45, 7) is 5.57. The zero-order valence-corrected chi connectivity index (χ0v) is 8.99. The Labute approximate surface area is 93.4 Å². The fourth-order valence-corrected chi connectivity index (χ4v) is 1.30. The van der Waals surface area contributed by atoms with E-state index in [1.165, 1.54) is 0 Å². The number of hydrogen-bond donors (Lipinski definition) is 0. The second-order valence-electron chi connectivity index (χ2n) is 3.54. The minimum Gasteiger partial charge on any atom is -0.457 e. The molecule has 1 aliphatic heterocycles. The number of carbonyl (C=O) groups is 1. The van der Waals surface area contributed by atoms with Crippen molar-refractivity contribution in [1.29, 1.82) is 0 Å². The number of fused-ring (bicyclic) bond motifs is 1. The molecule has 4 nitrogen and oxygen atoms in total. The van der Waals surface area contributed by atoms with Gasteiger partial charge >= 0.3 is 5.97 Å². The molecule has 0 fully saturated rings. The second-order valence-corrected chi connectivity index (χ2v) is 3.54. The Morgan fingerprint density at radius 2 is 2.19 bits per heavy atom. The molecule has 0 atom stereocenters. The van der Waals surface area contributed by atoms with Crippen molar-refractivity contribution in [2.45, 2.75) is 13.5 Å². The van der Waals surface area contributed by atoms with Crippen LogP contribution in [0.15, 0.2) is 30.4 Å². The summed E-state index contributed by atoms with van der Waals surface area (Å²) in [6, 6.07) is 5.43. The normalized spacial score (nSPS) is 12.3. The lowest BCUT2D eigenvalue weighted by Crippen LogP contribution is -2.04. The van der Waals surface area contributed by atoms with E-state index in [4.69, 9.17) is 14.2 Å². The molecule has 2 rings (SSSR count). The molecule has 1 aromatic rings. The standard InChI is InChI=1S/C12H12O4/c1-8(2)12(13)14-6-9-3-4-10-11(5-9)16-7-15-10/h3-5H,1,6-7H2,2H3. The van der Waals surface area contributed by atoms with Gasteiger partial charge in [0.2, 0.25) is 6.79 Å². The SMILES string of the molecule is C=C(C)C(=O)OCc1ccc2c(c1)OCO2. The van der Waals surface area contributed by atoms with Crippen molar-refractivity contribution < 1.29 is 19.0 Å². The summed E-state index contributed by atoms with van der Waals surface area (Å²) in [5.74, 6) is 1.01. The summed E-state index contributed by atoms with van der Waals surface area (Å²) < 4.78 is 15.4. The Morgan fingerprint density at radius 1 is 1.44 bits per heavy atom. The van der Waals surface area contributed by atoms with E-state index in [1.807, 2.05) is 6.07 Å². The molecule has 84 valence electrons. The van der Waals surface area contributed by atoms with Crippen LogP contribution in [-0.2, 0) is 16.1 Å². The van der Waals surface area contributed by atoms with Crippen molar-refractivity contribution in [3.63, 3.8) is 0 Å². The maximum absolute atomic E-state index is 11.2. The maximum atomic E-state index is 11.2. The third-order valence-corrected chi connectivity index (χ3v) is 2.16. The average Bonchev–Trinajstić information content (AvgIpc) is 2.72. The van der Waals surface area contributed by atoms with Gasteiger partial charge in [0.05, 0.1) is 0 Å². The van der Waals surface area contributed by atoms with Crippen LogP contribution in [0.3, 0.4) is 0 Å². The molecule has 0 bridgehead atoms. The Bertz CT molecular complexity index is 437. The minimum absolute atomic E-state index is 0.211. The first kappa shape index (κ1) is 10.5. The zero-order valence-electron chi connectivity index (χ0n) is 8.99. The fourth-order valence-electron chi connectivity index (χ4n) is 1.30. The second kappa shape index (κ2) is 4.26. The van der Waals surface area contributed by atoms with Crippen LogP contribution in [0.2, 0.25) is 0 Å². The number of rotatable bonds is 3. The zero-order chi connectivity index (χ0) is 11.5. The van der Waals surface area contributed by atoms with Gasteiger partial charge in [-0.15, -0.1) is 0 Å². The highest BCUT2D eigenvalue weighted by atomic mass is 16.7. The summed E-state index contributed by atoms with van der Waals surface area (Å²) in [5, 5.41) is 0. The van der Waals surface area contributed by atoms with Gasteiger partial charge in [0.1, 0.15) is 6.61 Å². The van der Waals surface area contributed by atoms with Gasteiger partial charge in [-0.25, -0.2) is 4.79 Å². The topological polar surface area (TPSA) is 44.8 Å². The first-order chi connectivity index (χ1) is 7.66. The lowest BCUT2D eigenvalue weighted by Gasteiger charge is -2.05. The summed E-state index contributed by atoms with van der Waals surface area (Å²) in [5.41, 5.74) is 1.25. The molecule has 0 spiro atoms. The highest BCUT2D eigenvalue weighted by Crippen LogP contribution is 2.32. The molecule has 0 saturated heterocycles. The third-order valence-electron chi connectivity index (χ3n) is 2.16. The quantitative estimate of drug-likeness (QED) is 0.577. The molecular formula is C12H12O4.